The molecule has 2 N–H and O–H groups in total. The zero-order valence-electron chi connectivity index (χ0n) is 12.7. The number of nitrogens with zero attached hydrogens (tertiary/aromatic N) is 1. The summed E-state index contributed by atoms with van der Waals surface area (Å²) in [5.41, 5.74) is 0.696. The van der Waals surface area contributed by atoms with E-state index in [9.17, 15) is 5.11 Å². The number of rotatable bonds is 8. The molecule has 1 unspecified atom stereocenters. The average molecular weight is 264 g/mol. The van der Waals surface area contributed by atoms with Crippen LogP contribution in [0, 0.1) is 0 Å². The molecule has 0 fully saturated rings. The molecule has 0 amide bonds. The Bertz CT molecular complexity index is 346. The second-order valence-electron chi connectivity index (χ2n) is 5.72. The summed E-state index contributed by atoms with van der Waals surface area (Å²) in [7, 11) is 2.00. The number of likely N-dealkylation sites (N-methyl/N-ethyl adjacent to an activating group) is 1. The van der Waals surface area contributed by atoms with Gasteiger partial charge in [0.25, 0.3) is 0 Å². The summed E-state index contributed by atoms with van der Waals surface area (Å²) in [6.07, 6.45) is 1.05. The predicted octanol–water partition coefficient (Wildman–Crippen LogP) is 2.43. The van der Waals surface area contributed by atoms with Crippen LogP contribution in [0.1, 0.15) is 38.8 Å². The molecule has 0 saturated heterocycles. The van der Waals surface area contributed by atoms with E-state index in [0.29, 0.717) is 12.6 Å². The zero-order valence-corrected chi connectivity index (χ0v) is 12.7. The van der Waals surface area contributed by atoms with Crippen LogP contribution in [0.3, 0.4) is 0 Å². The highest BCUT2D eigenvalue weighted by Gasteiger charge is 2.18. The molecule has 0 radical (unpaired) electrons. The number of benzene rings is 1. The van der Waals surface area contributed by atoms with Gasteiger partial charge in [-0.2, -0.15) is 0 Å². The van der Waals surface area contributed by atoms with Crippen molar-refractivity contribution >= 4 is 0 Å². The van der Waals surface area contributed by atoms with Crippen LogP contribution in [0.15, 0.2) is 30.3 Å². The maximum atomic E-state index is 9.90. The Morgan fingerprint density at radius 3 is 2.37 bits per heavy atom. The summed E-state index contributed by atoms with van der Waals surface area (Å²) in [6, 6.07) is 10.9. The lowest BCUT2D eigenvalue weighted by Crippen LogP contribution is -2.39. The highest BCUT2D eigenvalue weighted by Crippen LogP contribution is 2.17. The van der Waals surface area contributed by atoms with Crippen LogP contribution in [-0.4, -0.2) is 42.3 Å². The fourth-order valence-corrected chi connectivity index (χ4v) is 2.37. The molecule has 0 aliphatic carbocycles. The first-order valence-electron chi connectivity index (χ1n) is 7.13. The van der Waals surface area contributed by atoms with Crippen molar-refractivity contribution in [2.24, 2.45) is 0 Å². The van der Waals surface area contributed by atoms with E-state index in [1.54, 1.807) is 0 Å². The molecule has 3 heteroatoms. The lowest BCUT2D eigenvalue weighted by atomic mass is 10.0. The van der Waals surface area contributed by atoms with Gasteiger partial charge in [-0.3, -0.25) is 0 Å². The first-order chi connectivity index (χ1) is 8.96. The molecule has 1 rings (SSSR count). The van der Waals surface area contributed by atoms with E-state index in [4.69, 9.17) is 0 Å². The highest BCUT2D eigenvalue weighted by atomic mass is 16.3. The van der Waals surface area contributed by atoms with E-state index in [1.165, 1.54) is 5.56 Å². The van der Waals surface area contributed by atoms with Crippen molar-refractivity contribution in [1.82, 2.24) is 10.2 Å². The first kappa shape index (κ1) is 16.2. The SMILES string of the molecule is CCN(CCC(NC)c1ccccc1)CC(C)(C)O. The fraction of sp³-hybridized carbons (Fsp3) is 0.625. The third-order valence-electron chi connectivity index (χ3n) is 3.34. The summed E-state index contributed by atoms with van der Waals surface area (Å²) in [6.45, 7) is 8.54. The fourth-order valence-electron chi connectivity index (χ4n) is 2.37. The molecule has 0 heterocycles. The van der Waals surface area contributed by atoms with Gasteiger partial charge in [0.15, 0.2) is 0 Å². The largest absolute Gasteiger partial charge is 0.389 e. The van der Waals surface area contributed by atoms with E-state index in [0.717, 1.165) is 19.5 Å². The Kier molecular flexibility index (Phi) is 6.49. The molecule has 0 bridgehead atoms. The van der Waals surface area contributed by atoms with Gasteiger partial charge in [-0.1, -0.05) is 37.3 Å². The van der Waals surface area contributed by atoms with Crippen molar-refractivity contribution in [3.05, 3.63) is 35.9 Å². The molecule has 3 nitrogen and oxygen atoms in total. The van der Waals surface area contributed by atoms with Gasteiger partial charge < -0.3 is 15.3 Å². The van der Waals surface area contributed by atoms with Gasteiger partial charge in [0.05, 0.1) is 5.60 Å². The minimum atomic E-state index is -0.627. The van der Waals surface area contributed by atoms with Crippen LogP contribution in [0.2, 0.25) is 0 Å². The maximum absolute atomic E-state index is 9.90. The molecule has 1 aromatic carbocycles. The van der Waals surface area contributed by atoms with E-state index in [-0.39, 0.29) is 0 Å². The predicted molar refractivity (Wildman–Crippen MR) is 81.3 cm³/mol. The van der Waals surface area contributed by atoms with Gasteiger partial charge in [0.2, 0.25) is 0 Å². The van der Waals surface area contributed by atoms with Crippen LogP contribution in [0.4, 0.5) is 0 Å². The molecule has 0 spiro atoms. The Morgan fingerprint density at radius 2 is 1.89 bits per heavy atom. The van der Waals surface area contributed by atoms with Crippen LogP contribution in [-0.2, 0) is 0 Å². The van der Waals surface area contributed by atoms with Gasteiger partial charge in [0.1, 0.15) is 0 Å². The summed E-state index contributed by atoms with van der Waals surface area (Å²) in [5, 5.41) is 13.3. The quantitative estimate of drug-likeness (QED) is 0.757. The van der Waals surface area contributed by atoms with Crippen LogP contribution >= 0.6 is 0 Å². The molecule has 0 aliphatic rings. The summed E-state index contributed by atoms with van der Waals surface area (Å²) < 4.78 is 0. The van der Waals surface area contributed by atoms with E-state index < -0.39 is 5.60 Å². The average Bonchev–Trinajstić information content (AvgIpc) is 2.38. The normalized spacial score (nSPS) is 13.8. The summed E-state index contributed by atoms with van der Waals surface area (Å²) in [5.74, 6) is 0. The number of hydrogen-bond acceptors (Lipinski definition) is 3. The van der Waals surface area contributed by atoms with E-state index >= 15 is 0 Å². The molecule has 108 valence electrons. The van der Waals surface area contributed by atoms with Gasteiger partial charge in [0, 0.05) is 19.1 Å². The molecule has 19 heavy (non-hydrogen) atoms. The third-order valence-corrected chi connectivity index (χ3v) is 3.34. The molecule has 0 saturated carbocycles. The maximum Gasteiger partial charge on any atom is 0.0718 e. The topological polar surface area (TPSA) is 35.5 Å². The van der Waals surface area contributed by atoms with E-state index in [2.05, 4.69) is 41.4 Å². The standard InChI is InChI=1S/C16H28N2O/c1-5-18(13-16(2,3)19)12-11-15(17-4)14-9-7-6-8-10-14/h6-10,15,17,19H,5,11-13H2,1-4H3. The minimum Gasteiger partial charge on any atom is -0.389 e. The Morgan fingerprint density at radius 1 is 1.26 bits per heavy atom. The van der Waals surface area contributed by atoms with Crippen molar-refractivity contribution in [3.63, 3.8) is 0 Å². The van der Waals surface area contributed by atoms with Crippen molar-refractivity contribution in [1.29, 1.82) is 0 Å². The molecular weight excluding hydrogens is 236 g/mol. The minimum absolute atomic E-state index is 0.372. The van der Waals surface area contributed by atoms with Crippen molar-refractivity contribution < 1.29 is 5.11 Å². The van der Waals surface area contributed by atoms with Gasteiger partial charge >= 0.3 is 0 Å². The van der Waals surface area contributed by atoms with Crippen molar-refractivity contribution in [2.45, 2.75) is 38.8 Å². The van der Waals surface area contributed by atoms with Crippen LogP contribution in [0.5, 0.6) is 0 Å². The van der Waals surface area contributed by atoms with Crippen LogP contribution in [0.25, 0.3) is 0 Å². The smallest absolute Gasteiger partial charge is 0.0718 e. The van der Waals surface area contributed by atoms with Gasteiger partial charge in [-0.25, -0.2) is 0 Å². The summed E-state index contributed by atoms with van der Waals surface area (Å²) >= 11 is 0. The number of nitrogens with one attached hydrogen (secondary N) is 1. The van der Waals surface area contributed by atoms with Crippen molar-refractivity contribution in [2.75, 3.05) is 26.7 Å². The molecule has 1 atom stereocenters. The highest BCUT2D eigenvalue weighted by molar-refractivity contribution is 5.18. The Hall–Kier alpha value is -0.900. The van der Waals surface area contributed by atoms with Crippen LogP contribution < -0.4 is 5.32 Å². The molecule has 0 aliphatic heterocycles. The Labute approximate surface area is 117 Å². The number of aliphatic hydroxyl groups is 1. The third kappa shape index (κ3) is 6.19. The van der Waals surface area contributed by atoms with E-state index in [1.807, 2.05) is 27.0 Å². The van der Waals surface area contributed by atoms with Gasteiger partial charge in [-0.15, -0.1) is 0 Å². The van der Waals surface area contributed by atoms with Gasteiger partial charge in [-0.05, 0) is 39.4 Å². The monoisotopic (exact) mass is 264 g/mol. The molecule has 0 aromatic heterocycles. The number of hydrogen-bond donors (Lipinski definition) is 2. The molecule has 1 aromatic rings. The molecular formula is C16H28N2O. The first-order valence-corrected chi connectivity index (χ1v) is 7.13. The second kappa shape index (κ2) is 7.63. The lowest BCUT2D eigenvalue weighted by molar-refractivity contribution is 0.0367. The zero-order chi connectivity index (χ0) is 14.3. The van der Waals surface area contributed by atoms with Crippen molar-refractivity contribution in [3.8, 4) is 0 Å². The lowest BCUT2D eigenvalue weighted by Gasteiger charge is -2.29. The second-order valence-corrected chi connectivity index (χ2v) is 5.72. The Balaban J connectivity index is 2.53. The summed E-state index contributed by atoms with van der Waals surface area (Å²) in [4.78, 5) is 2.30.